The molecule has 0 radical (unpaired) electrons. The molecule has 3 aliphatic rings. The third kappa shape index (κ3) is 2.45. The first-order valence-corrected chi connectivity index (χ1v) is 10.7. The molecule has 168 valence electrons. The number of fused-ring (bicyclic) bond motifs is 3. The topological polar surface area (TPSA) is 119 Å². The van der Waals surface area contributed by atoms with E-state index in [-0.39, 0.29) is 22.8 Å². The second-order valence-corrected chi connectivity index (χ2v) is 9.01. The maximum atomic E-state index is 14.4. The molecule has 8 nitrogen and oxygen atoms in total. The number of nitriles is 1. The lowest BCUT2D eigenvalue weighted by Crippen LogP contribution is -2.54. The summed E-state index contributed by atoms with van der Waals surface area (Å²) >= 11 is 0. The van der Waals surface area contributed by atoms with Gasteiger partial charge < -0.3 is 24.5 Å². The molecule has 0 unspecified atom stereocenters. The van der Waals surface area contributed by atoms with E-state index in [1.165, 1.54) is 6.07 Å². The highest BCUT2D eigenvalue weighted by Crippen LogP contribution is 2.59. The van der Waals surface area contributed by atoms with Gasteiger partial charge in [0.15, 0.2) is 5.41 Å². The smallest absolute Gasteiger partial charge is 0.344 e. The Balaban J connectivity index is 2.01. The second-order valence-electron chi connectivity index (χ2n) is 9.01. The molecule has 5 rings (SSSR count). The minimum Gasteiger partial charge on any atom is -0.494 e. The Bertz CT molecular complexity index is 1420. The van der Waals surface area contributed by atoms with Crippen molar-refractivity contribution in [2.75, 3.05) is 11.5 Å². The van der Waals surface area contributed by atoms with Gasteiger partial charge in [-0.05, 0) is 52.3 Å². The number of hydrogen-bond acceptors (Lipinski definition) is 7. The Hall–Kier alpha value is -3.99. The van der Waals surface area contributed by atoms with E-state index in [2.05, 4.69) is 6.07 Å². The number of nitrogens with zero attached hydrogens (tertiary/aromatic N) is 2. The second kappa shape index (κ2) is 6.51. The summed E-state index contributed by atoms with van der Waals surface area (Å²) in [4.78, 5) is 29.3. The molecule has 1 spiro atoms. The number of nitrogens with two attached hydrogens (primary N) is 1. The van der Waals surface area contributed by atoms with E-state index in [1.54, 1.807) is 17.9 Å². The maximum Gasteiger partial charge on any atom is 0.344 e. The van der Waals surface area contributed by atoms with Gasteiger partial charge in [-0.25, -0.2) is 4.79 Å². The highest BCUT2D eigenvalue weighted by molar-refractivity contribution is 6.18. The first-order valence-electron chi connectivity index (χ1n) is 10.7. The Morgan fingerprint density at radius 2 is 1.94 bits per heavy atom. The number of ether oxygens (including phenoxy) is 2. The fraction of sp³-hybridized carbons (Fsp3) is 0.320. The molecule has 1 aromatic heterocycles. The summed E-state index contributed by atoms with van der Waals surface area (Å²) in [5.74, 6) is 0.248. The molecule has 33 heavy (non-hydrogen) atoms. The minimum absolute atomic E-state index is 0.0532. The monoisotopic (exact) mass is 445 g/mol. The number of anilines is 1. The van der Waals surface area contributed by atoms with Crippen LogP contribution < -0.4 is 25.7 Å². The third-order valence-electron chi connectivity index (χ3n) is 6.48. The fourth-order valence-electron chi connectivity index (χ4n) is 5.40. The van der Waals surface area contributed by atoms with E-state index in [1.807, 2.05) is 39.8 Å². The SMILES string of the molecule is CCOc1cc2c3c(c1)[C@]1(C(=O)N3C(C)(C)C=C2C)C(C#N)=C(N)Oc2cc(C)oc(=O)c21. The zero-order valence-corrected chi connectivity index (χ0v) is 19.0. The minimum atomic E-state index is -1.81. The highest BCUT2D eigenvalue weighted by Gasteiger charge is 2.64. The number of hydrogen-bond donors (Lipinski definition) is 1. The highest BCUT2D eigenvalue weighted by atomic mass is 16.5. The van der Waals surface area contributed by atoms with Gasteiger partial charge in [-0.3, -0.25) is 4.79 Å². The van der Waals surface area contributed by atoms with Crippen molar-refractivity contribution in [3.05, 3.63) is 68.6 Å². The molecule has 0 saturated heterocycles. The first-order chi connectivity index (χ1) is 15.6. The van der Waals surface area contributed by atoms with Crippen LogP contribution in [0.2, 0.25) is 0 Å². The van der Waals surface area contributed by atoms with Crippen molar-refractivity contribution in [1.82, 2.24) is 0 Å². The summed E-state index contributed by atoms with van der Waals surface area (Å²) in [5, 5.41) is 10.2. The van der Waals surface area contributed by atoms with Gasteiger partial charge in [-0.15, -0.1) is 0 Å². The van der Waals surface area contributed by atoms with Crippen LogP contribution in [-0.2, 0) is 10.2 Å². The molecule has 1 amide bonds. The summed E-state index contributed by atoms with van der Waals surface area (Å²) in [6.45, 7) is 9.65. The van der Waals surface area contributed by atoms with Crippen LogP contribution in [-0.4, -0.2) is 18.1 Å². The predicted molar refractivity (Wildman–Crippen MR) is 121 cm³/mol. The lowest BCUT2D eigenvalue weighted by atomic mass is 9.69. The Morgan fingerprint density at radius 3 is 2.61 bits per heavy atom. The van der Waals surface area contributed by atoms with Gasteiger partial charge in [-0.2, -0.15) is 5.26 Å². The van der Waals surface area contributed by atoms with Gasteiger partial charge in [-0.1, -0.05) is 6.08 Å². The normalized spacial score (nSPS) is 21.9. The number of benzene rings is 1. The molecule has 0 saturated carbocycles. The Morgan fingerprint density at radius 1 is 1.21 bits per heavy atom. The number of allylic oxidation sites excluding steroid dienone is 1. The first kappa shape index (κ1) is 20.9. The van der Waals surface area contributed by atoms with E-state index in [0.29, 0.717) is 29.4 Å². The van der Waals surface area contributed by atoms with Crippen molar-refractivity contribution in [1.29, 1.82) is 5.26 Å². The summed E-state index contributed by atoms with van der Waals surface area (Å²) in [6.07, 6.45) is 1.99. The van der Waals surface area contributed by atoms with Crippen LogP contribution in [0, 0.1) is 18.3 Å². The van der Waals surface area contributed by atoms with Gasteiger partial charge in [0.2, 0.25) is 11.8 Å². The van der Waals surface area contributed by atoms with Crippen molar-refractivity contribution in [2.45, 2.75) is 45.6 Å². The van der Waals surface area contributed by atoms with Gasteiger partial charge in [0.05, 0.1) is 17.8 Å². The number of rotatable bonds is 2. The average molecular weight is 445 g/mol. The maximum absolute atomic E-state index is 14.4. The Kier molecular flexibility index (Phi) is 4.12. The van der Waals surface area contributed by atoms with E-state index in [9.17, 15) is 14.9 Å². The van der Waals surface area contributed by atoms with Gasteiger partial charge in [0, 0.05) is 17.2 Å². The molecule has 0 fully saturated rings. The molecule has 8 heteroatoms. The quantitative estimate of drug-likeness (QED) is 0.753. The molecule has 2 N–H and O–H groups in total. The molecule has 1 atom stereocenters. The largest absolute Gasteiger partial charge is 0.494 e. The molecule has 0 bridgehead atoms. The summed E-state index contributed by atoms with van der Waals surface area (Å²) in [5.41, 5.74) is 5.54. The van der Waals surface area contributed by atoms with Crippen LogP contribution in [0.25, 0.3) is 5.57 Å². The van der Waals surface area contributed by atoms with Crippen LogP contribution in [0.5, 0.6) is 11.5 Å². The van der Waals surface area contributed by atoms with Gasteiger partial charge >= 0.3 is 5.63 Å². The molecular weight excluding hydrogens is 422 g/mol. The number of aryl methyl sites for hydroxylation is 1. The van der Waals surface area contributed by atoms with E-state index in [4.69, 9.17) is 19.6 Å². The number of carbonyl (C=O) groups is 1. The van der Waals surface area contributed by atoms with E-state index < -0.39 is 22.5 Å². The molecule has 4 heterocycles. The summed E-state index contributed by atoms with van der Waals surface area (Å²) in [7, 11) is 0. The van der Waals surface area contributed by atoms with Crippen LogP contribution in [0.3, 0.4) is 0 Å². The number of carbonyl (C=O) groups excluding carboxylic acids is 1. The van der Waals surface area contributed by atoms with E-state index in [0.717, 1.165) is 11.1 Å². The summed E-state index contributed by atoms with van der Waals surface area (Å²) in [6, 6.07) is 7.16. The zero-order valence-electron chi connectivity index (χ0n) is 19.0. The van der Waals surface area contributed by atoms with Crippen molar-refractivity contribution in [3.8, 4) is 17.6 Å². The van der Waals surface area contributed by atoms with Crippen molar-refractivity contribution < 1.29 is 18.7 Å². The average Bonchev–Trinajstić information content (AvgIpc) is 2.96. The van der Waals surface area contributed by atoms with Crippen molar-refractivity contribution in [3.63, 3.8) is 0 Å². The third-order valence-corrected chi connectivity index (χ3v) is 6.48. The molecule has 0 aliphatic carbocycles. The molecule has 2 aromatic rings. The fourth-order valence-corrected chi connectivity index (χ4v) is 5.40. The van der Waals surface area contributed by atoms with Crippen LogP contribution >= 0.6 is 0 Å². The standard InChI is InChI=1S/C25H23N3O5/c1-6-31-14-8-15-12(2)10-24(4,5)28-20(15)16(9-14)25(23(28)30)17(11-26)21(27)33-18-7-13(3)32-22(29)19(18)25/h7-10H,6,27H2,1-5H3/t25-/m0/s1. The lowest BCUT2D eigenvalue weighted by Gasteiger charge is -2.40. The molecular formula is C25H23N3O5. The van der Waals surface area contributed by atoms with Crippen LogP contribution in [0.15, 0.2) is 44.9 Å². The summed E-state index contributed by atoms with van der Waals surface area (Å²) < 4.78 is 16.9. The van der Waals surface area contributed by atoms with Crippen LogP contribution in [0.4, 0.5) is 5.69 Å². The van der Waals surface area contributed by atoms with Gasteiger partial charge in [0.25, 0.3) is 0 Å². The number of amides is 1. The lowest BCUT2D eigenvalue weighted by molar-refractivity contribution is -0.121. The molecule has 3 aliphatic heterocycles. The Labute approximate surface area is 190 Å². The molecule has 1 aromatic carbocycles. The van der Waals surface area contributed by atoms with E-state index >= 15 is 0 Å². The van der Waals surface area contributed by atoms with Gasteiger partial charge in [0.1, 0.15) is 34.5 Å². The van der Waals surface area contributed by atoms with Crippen molar-refractivity contribution >= 4 is 17.2 Å². The zero-order chi connectivity index (χ0) is 23.9. The van der Waals surface area contributed by atoms with Crippen molar-refractivity contribution in [2.24, 2.45) is 5.73 Å². The predicted octanol–water partition coefficient (Wildman–Crippen LogP) is 3.26. The van der Waals surface area contributed by atoms with Crippen LogP contribution in [0.1, 0.15) is 50.1 Å².